The molecule has 1 heterocycles. The lowest BCUT2D eigenvalue weighted by atomic mass is 10.2. The van der Waals surface area contributed by atoms with E-state index in [4.69, 9.17) is 18.0 Å². The van der Waals surface area contributed by atoms with Gasteiger partial charge in [0.2, 0.25) is 0 Å². The van der Waals surface area contributed by atoms with E-state index in [1.807, 2.05) is 0 Å². The van der Waals surface area contributed by atoms with Gasteiger partial charge in [-0.2, -0.15) is 0 Å². The molecule has 1 aromatic rings. The molecule has 1 rings (SSSR count). The van der Waals surface area contributed by atoms with E-state index in [0.29, 0.717) is 5.56 Å². The molecule has 0 N–H and O–H groups in total. The van der Waals surface area contributed by atoms with Crippen LogP contribution in [0.15, 0.2) is 11.1 Å². The maximum absolute atomic E-state index is 13.0. The molecule has 0 aliphatic heterocycles. The summed E-state index contributed by atoms with van der Waals surface area (Å²) in [6.07, 6.45) is 6.41. The molecule has 0 aromatic carbocycles. The summed E-state index contributed by atoms with van der Waals surface area (Å²) in [7, 11) is 1.56. The SMILES string of the molecule is C#Cc1nc(Cl)c(C=NC)cc1F. The summed E-state index contributed by atoms with van der Waals surface area (Å²) in [4.78, 5) is 7.37. The Morgan fingerprint density at radius 2 is 2.46 bits per heavy atom. The van der Waals surface area contributed by atoms with Crippen LogP contribution in [-0.2, 0) is 0 Å². The van der Waals surface area contributed by atoms with E-state index in [1.165, 1.54) is 12.3 Å². The Kier molecular flexibility index (Phi) is 2.99. The van der Waals surface area contributed by atoms with E-state index in [-0.39, 0.29) is 10.8 Å². The summed E-state index contributed by atoms with van der Waals surface area (Å²) >= 11 is 5.69. The first kappa shape index (κ1) is 9.69. The monoisotopic (exact) mass is 196 g/mol. The van der Waals surface area contributed by atoms with E-state index in [9.17, 15) is 4.39 Å². The number of hydrogen-bond donors (Lipinski definition) is 0. The van der Waals surface area contributed by atoms with E-state index in [2.05, 4.69) is 15.9 Å². The van der Waals surface area contributed by atoms with Gasteiger partial charge in [0.1, 0.15) is 10.8 Å². The van der Waals surface area contributed by atoms with Crippen LogP contribution in [0, 0.1) is 18.2 Å². The molecule has 0 saturated heterocycles. The number of halogens is 2. The van der Waals surface area contributed by atoms with Gasteiger partial charge in [-0.25, -0.2) is 9.37 Å². The molecular formula is C9H6ClFN2. The molecule has 0 radical (unpaired) electrons. The fraction of sp³-hybridized carbons (Fsp3) is 0.111. The Bertz CT molecular complexity index is 393. The largest absolute Gasteiger partial charge is 0.296 e. The molecule has 0 fully saturated rings. The summed E-state index contributed by atoms with van der Waals surface area (Å²) in [5, 5.41) is 0.153. The van der Waals surface area contributed by atoms with E-state index < -0.39 is 5.82 Å². The second-order valence-corrected chi connectivity index (χ2v) is 2.59. The Balaban J connectivity index is 3.30. The van der Waals surface area contributed by atoms with E-state index in [0.717, 1.165) is 0 Å². The van der Waals surface area contributed by atoms with Gasteiger partial charge in [-0.3, -0.25) is 4.99 Å². The first-order valence-electron chi connectivity index (χ1n) is 3.44. The van der Waals surface area contributed by atoms with Crippen molar-refractivity contribution in [3.8, 4) is 12.3 Å². The smallest absolute Gasteiger partial charge is 0.158 e. The van der Waals surface area contributed by atoms with Crippen molar-refractivity contribution in [2.45, 2.75) is 0 Å². The minimum absolute atomic E-state index is 0.0850. The van der Waals surface area contributed by atoms with Gasteiger partial charge in [-0.05, 0) is 12.0 Å². The summed E-state index contributed by atoms with van der Waals surface area (Å²) in [6.45, 7) is 0. The number of hydrogen-bond acceptors (Lipinski definition) is 2. The third-order valence-electron chi connectivity index (χ3n) is 1.36. The zero-order chi connectivity index (χ0) is 9.84. The zero-order valence-electron chi connectivity index (χ0n) is 6.88. The number of pyridine rings is 1. The van der Waals surface area contributed by atoms with Gasteiger partial charge in [0.15, 0.2) is 5.82 Å². The second kappa shape index (κ2) is 4.01. The lowest BCUT2D eigenvalue weighted by molar-refractivity contribution is 0.617. The topological polar surface area (TPSA) is 25.2 Å². The average molecular weight is 197 g/mol. The van der Waals surface area contributed by atoms with Crippen molar-refractivity contribution in [2.24, 2.45) is 4.99 Å². The highest BCUT2D eigenvalue weighted by atomic mass is 35.5. The second-order valence-electron chi connectivity index (χ2n) is 2.23. The van der Waals surface area contributed by atoms with Gasteiger partial charge in [-0.15, -0.1) is 6.42 Å². The van der Waals surface area contributed by atoms with Crippen molar-refractivity contribution in [3.05, 3.63) is 28.3 Å². The molecule has 4 heteroatoms. The number of rotatable bonds is 1. The number of nitrogens with zero attached hydrogens (tertiary/aromatic N) is 2. The molecule has 0 aliphatic rings. The number of terminal acetylenes is 1. The molecule has 0 atom stereocenters. The van der Waals surface area contributed by atoms with Crippen LogP contribution in [0.5, 0.6) is 0 Å². The highest BCUT2D eigenvalue weighted by Gasteiger charge is 2.06. The van der Waals surface area contributed by atoms with Crippen LogP contribution in [0.1, 0.15) is 11.3 Å². The van der Waals surface area contributed by atoms with Crippen LogP contribution in [-0.4, -0.2) is 18.2 Å². The normalized spacial score (nSPS) is 10.3. The van der Waals surface area contributed by atoms with Crippen molar-refractivity contribution < 1.29 is 4.39 Å². The molecule has 2 nitrogen and oxygen atoms in total. The molecule has 0 saturated carbocycles. The summed E-state index contributed by atoms with van der Waals surface area (Å²) in [5.41, 5.74) is 0.332. The van der Waals surface area contributed by atoms with Crippen LogP contribution in [0.3, 0.4) is 0 Å². The van der Waals surface area contributed by atoms with Gasteiger partial charge < -0.3 is 0 Å². The van der Waals surface area contributed by atoms with Gasteiger partial charge in [0.05, 0.1) is 0 Å². The van der Waals surface area contributed by atoms with Gasteiger partial charge in [0, 0.05) is 18.8 Å². The van der Waals surface area contributed by atoms with Gasteiger partial charge in [-0.1, -0.05) is 11.6 Å². The summed E-state index contributed by atoms with van der Waals surface area (Å²) in [6, 6.07) is 1.21. The van der Waals surface area contributed by atoms with Crippen molar-refractivity contribution in [2.75, 3.05) is 7.05 Å². The standard InChI is InChI=1S/C9H6ClFN2/c1-3-8-7(11)4-6(5-12-2)9(10)13-8/h1,4-5H,2H3. The van der Waals surface area contributed by atoms with E-state index in [1.54, 1.807) is 7.05 Å². The first-order chi connectivity index (χ1) is 6.19. The minimum atomic E-state index is -0.568. The van der Waals surface area contributed by atoms with E-state index >= 15 is 0 Å². The Morgan fingerprint density at radius 3 is 3.00 bits per heavy atom. The van der Waals surface area contributed by atoms with Gasteiger partial charge in [0.25, 0.3) is 0 Å². The number of aliphatic imine (C=N–C) groups is 1. The first-order valence-corrected chi connectivity index (χ1v) is 3.81. The Hall–Kier alpha value is -1.40. The highest BCUT2D eigenvalue weighted by Crippen LogP contribution is 2.14. The molecule has 1 aromatic heterocycles. The van der Waals surface area contributed by atoms with Crippen LogP contribution in [0.4, 0.5) is 4.39 Å². The van der Waals surface area contributed by atoms with Crippen LogP contribution < -0.4 is 0 Å². The molecule has 66 valence electrons. The predicted octanol–water partition coefficient (Wildman–Crippen LogP) is 1.90. The maximum atomic E-state index is 13.0. The molecular weight excluding hydrogens is 191 g/mol. The van der Waals surface area contributed by atoms with Crippen molar-refractivity contribution in [1.82, 2.24) is 4.98 Å². The Labute approximate surface area is 80.5 Å². The number of aromatic nitrogens is 1. The molecule has 0 unspecified atom stereocenters. The Morgan fingerprint density at radius 1 is 1.77 bits per heavy atom. The lowest BCUT2D eigenvalue weighted by Crippen LogP contribution is -1.95. The average Bonchev–Trinajstić information content (AvgIpc) is 2.11. The zero-order valence-corrected chi connectivity index (χ0v) is 7.64. The minimum Gasteiger partial charge on any atom is -0.296 e. The molecule has 0 spiro atoms. The highest BCUT2D eigenvalue weighted by molar-refractivity contribution is 6.31. The van der Waals surface area contributed by atoms with Crippen LogP contribution in [0.2, 0.25) is 5.15 Å². The van der Waals surface area contributed by atoms with Crippen molar-refractivity contribution >= 4 is 17.8 Å². The van der Waals surface area contributed by atoms with Crippen molar-refractivity contribution in [3.63, 3.8) is 0 Å². The molecule has 0 bridgehead atoms. The maximum Gasteiger partial charge on any atom is 0.158 e. The fourth-order valence-electron chi connectivity index (χ4n) is 0.811. The van der Waals surface area contributed by atoms with Crippen LogP contribution >= 0.6 is 11.6 Å². The van der Waals surface area contributed by atoms with Gasteiger partial charge >= 0.3 is 0 Å². The summed E-state index contributed by atoms with van der Waals surface area (Å²) in [5.74, 6) is 1.52. The third-order valence-corrected chi connectivity index (χ3v) is 1.66. The van der Waals surface area contributed by atoms with Crippen molar-refractivity contribution in [1.29, 1.82) is 0 Å². The third kappa shape index (κ3) is 2.04. The van der Waals surface area contributed by atoms with Crippen LogP contribution in [0.25, 0.3) is 0 Å². The lowest BCUT2D eigenvalue weighted by Gasteiger charge is -1.98. The fourth-order valence-corrected chi connectivity index (χ4v) is 0.999. The quantitative estimate of drug-likeness (QED) is 0.383. The summed E-state index contributed by atoms with van der Waals surface area (Å²) < 4.78 is 13.0. The predicted molar refractivity (Wildman–Crippen MR) is 50.7 cm³/mol. The molecule has 0 aliphatic carbocycles. The molecule has 0 amide bonds. The molecule has 13 heavy (non-hydrogen) atoms.